The maximum Gasteiger partial charge on any atom is 0.124 e. The summed E-state index contributed by atoms with van der Waals surface area (Å²) in [5.41, 5.74) is 6.24. The van der Waals surface area contributed by atoms with Gasteiger partial charge < -0.3 is 15.2 Å². The van der Waals surface area contributed by atoms with Gasteiger partial charge in [0.15, 0.2) is 0 Å². The van der Waals surface area contributed by atoms with Gasteiger partial charge in [0.25, 0.3) is 0 Å². The van der Waals surface area contributed by atoms with E-state index in [2.05, 4.69) is 0 Å². The van der Waals surface area contributed by atoms with Gasteiger partial charge in [0.2, 0.25) is 0 Å². The lowest BCUT2D eigenvalue weighted by Gasteiger charge is -2.20. The summed E-state index contributed by atoms with van der Waals surface area (Å²) in [6, 6.07) is 4.54. The van der Waals surface area contributed by atoms with E-state index in [9.17, 15) is 4.39 Å². The van der Waals surface area contributed by atoms with Crippen molar-refractivity contribution in [2.24, 2.45) is 11.7 Å². The standard InChI is InChI=1S/C13H18FNO2/c1-16-12-5-4-10(14)8-11(12)13(9-2-3-9)17-7-6-15/h4-5,8-9,13H,2-3,6-7,15H2,1H3. The molecule has 0 bridgehead atoms. The normalized spacial score (nSPS) is 16.9. The van der Waals surface area contributed by atoms with Gasteiger partial charge in [-0.05, 0) is 37.0 Å². The molecular weight excluding hydrogens is 221 g/mol. The predicted molar refractivity (Wildman–Crippen MR) is 63.4 cm³/mol. The smallest absolute Gasteiger partial charge is 0.124 e. The first-order valence-corrected chi connectivity index (χ1v) is 5.91. The van der Waals surface area contributed by atoms with Crippen molar-refractivity contribution >= 4 is 0 Å². The summed E-state index contributed by atoms with van der Waals surface area (Å²) < 4.78 is 24.3. The topological polar surface area (TPSA) is 44.5 Å². The van der Waals surface area contributed by atoms with E-state index in [1.54, 1.807) is 13.2 Å². The average Bonchev–Trinajstić information content (AvgIpc) is 3.14. The Labute approximate surface area is 101 Å². The molecule has 0 aliphatic heterocycles. The highest BCUT2D eigenvalue weighted by atomic mass is 19.1. The molecule has 1 aliphatic rings. The molecule has 3 nitrogen and oxygen atoms in total. The summed E-state index contributed by atoms with van der Waals surface area (Å²) in [5.74, 6) is 0.889. The Kier molecular flexibility index (Phi) is 3.97. The van der Waals surface area contributed by atoms with Crippen LogP contribution in [0.4, 0.5) is 4.39 Å². The fraction of sp³-hybridized carbons (Fsp3) is 0.538. The summed E-state index contributed by atoms with van der Waals surface area (Å²) in [6.45, 7) is 0.960. The molecule has 2 N–H and O–H groups in total. The van der Waals surface area contributed by atoms with Crippen molar-refractivity contribution in [3.63, 3.8) is 0 Å². The Morgan fingerprint density at radius 2 is 2.24 bits per heavy atom. The lowest BCUT2D eigenvalue weighted by molar-refractivity contribution is 0.0406. The third kappa shape index (κ3) is 2.96. The first-order chi connectivity index (χ1) is 8.26. The van der Waals surface area contributed by atoms with Crippen LogP contribution in [-0.4, -0.2) is 20.3 Å². The molecule has 1 fully saturated rings. The van der Waals surface area contributed by atoms with Gasteiger partial charge in [0.05, 0.1) is 19.8 Å². The minimum Gasteiger partial charge on any atom is -0.496 e. The third-order valence-corrected chi connectivity index (χ3v) is 2.96. The fourth-order valence-corrected chi connectivity index (χ4v) is 2.00. The Balaban J connectivity index is 2.23. The van der Waals surface area contributed by atoms with Crippen LogP contribution < -0.4 is 10.5 Å². The minimum atomic E-state index is -0.261. The van der Waals surface area contributed by atoms with Gasteiger partial charge in [-0.2, -0.15) is 0 Å². The molecule has 0 spiro atoms. The van der Waals surface area contributed by atoms with Crippen molar-refractivity contribution in [3.8, 4) is 5.75 Å². The molecule has 0 aromatic heterocycles. The zero-order valence-electron chi connectivity index (χ0n) is 9.99. The van der Waals surface area contributed by atoms with Crippen molar-refractivity contribution in [1.29, 1.82) is 0 Å². The zero-order chi connectivity index (χ0) is 12.3. The molecule has 1 unspecified atom stereocenters. The number of rotatable bonds is 6. The van der Waals surface area contributed by atoms with Crippen LogP contribution in [0.25, 0.3) is 0 Å². The number of ether oxygens (including phenoxy) is 2. The summed E-state index contributed by atoms with van der Waals surface area (Å²) in [7, 11) is 1.59. The zero-order valence-corrected chi connectivity index (χ0v) is 9.99. The number of nitrogens with two attached hydrogens (primary N) is 1. The van der Waals surface area contributed by atoms with Gasteiger partial charge in [-0.1, -0.05) is 0 Å². The number of hydrogen-bond donors (Lipinski definition) is 1. The first kappa shape index (κ1) is 12.3. The molecule has 0 radical (unpaired) electrons. The molecule has 1 atom stereocenters. The van der Waals surface area contributed by atoms with Gasteiger partial charge in [0.1, 0.15) is 11.6 Å². The van der Waals surface area contributed by atoms with Crippen LogP contribution in [0.15, 0.2) is 18.2 Å². The largest absolute Gasteiger partial charge is 0.496 e. The molecule has 0 saturated heterocycles. The maximum absolute atomic E-state index is 13.3. The summed E-state index contributed by atoms with van der Waals surface area (Å²) in [5, 5.41) is 0. The van der Waals surface area contributed by atoms with E-state index >= 15 is 0 Å². The Hall–Kier alpha value is -1.13. The van der Waals surface area contributed by atoms with Gasteiger partial charge in [-0.15, -0.1) is 0 Å². The number of methoxy groups -OCH3 is 1. The van der Waals surface area contributed by atoms with Crippen LogP contribution in [0, 0.1) is 11.7 Å². The van der Waals surface area contributed by atoms with Crippen molar-refractivity contribution < 1.29 is 13.9 Å². The van der Waals surface area contributed by atoms with E-state index in [1.807, 2.05) is 0 Å². The lowest BCUT2D eigenvalue weighted by atomic mass is 10.0. The van der Waals surface area contributed by atoms with E-state index in [0.717, 1.165) is 18.4 Å². The highest BCUT2D eigenvalue weighted by molar-refractivity contribution is 5.36. The van der Waals surface area contributed by atoms with Crippen LogP contribution in [0.2, 0.25) is 0 Å². The molecule has 4 heteroatoms. The van der Waals surface area contributed by atoms with E-state index in [4.69, 9.17) is 15.2 Å². The molecule has 2 rings (SSSR count). The van der Waals surface area contributed by atoms with Crippen LogP contribution in [0.3, 0.4) is 0 Å². The second kappa shape index (κ2) is 5.47. The van der Waals surface area contributed by atoms with Crippen LogP contribution in [0.5, 0.6) is 5.75 Å². The summed E-state index contributed by atoms with van der Waals surface area (Å²) in [4.78, 5) is 0. The second-order valence-corrected chi connectivity index (χ2v) is 4.30. The Morgan fingerprint density at radius 3 is 2.82 bits per heavy atom. The minimum absolute atomic E-state index is 0.0933. The van der Waals surface area contributed by atoms with Crippen molar-refractivity contribution in [2.75, 3.05) is 20.3 Å². The van der Waals surface area contributed by atoms with Gasteiger partial charge in [-0.25, -0.2) is 4.39 Å². The first-order valence-electron chi connectivity index (χ1n) is 5.91. The van der Waals surface area contributed by atoms with E-state index in [-0.39, 0.29) is 11.9 Å². The van der Waals surface area contributed by atoms with E-state index in [1.165, 1.54) is 12.1 Å². The maximum atomic E-state index is 13.3. The highest BCUT2D eigenvalue weighted by Gasteiger charge is 2.34. The summed E-state index contributed by atoms with van der Waals surface area (Å²) in [6.07, 6.45) is 2.15. The average molecular weight is 239 g/mol. The molecule has 0 amide bonds. The van der Waals surface area contributed by atoms with Gasteiger partial charge in [0, 0.05) is 12.1 Å². The molecule has 1 aromatic rings. The fourth-order valence-electron chi connectivity index (χ4n) is 2.00. The van der Waals surface area contributed by atoms with Crippen molar-refractivity contribution in [1.82, 2.24) is 0 Å². The Morgan fingerprint density at radius 1 is 1.47 bits per heavy atom. The lowest BCUT2D eigenvalue weighted by Crippen LogP contribution is -2.15. The van der Waals surface area contributed by atoms with E-state index in [0.29, 0.717) is 24.8 Å². The molecule has 1 aliphatic carbocycles. The van der Waals surface area contributed by atoms with Crippen LogP contribution in [-0.2, 0) is 4.74 Å². The van der Waals surface area contributed by atoms with Crippen molar-refractivity contribution in [2.45, 2.75) is 18.9 Å². The molecule has 0 heterocycles. The molecule has 17 heavy (non-hydrogen) atoms. The molecule has 1 saturated carbocycles. The second-order valence-electron chi connectivity index (χ2n) is 4.30. The molecule has 94 valence electrons. The van der Waals surface area contributed by atoms with E-state index < -0.39 is 0 Å². The van der Waals surface area contributed by atoms with Gasteiger partial charge >= 0.3 is 0 Å². The predicted octanol–water partition coefficient (Wildman–Crippen LogP) is 2.26. The highest BCUT2D eigenvalue weighted by Crippen LogP contribution is 2.45. The number of hydrogen-bond acceptors (Lipinski definition) is 3. The molecule has 1 aromatic carbocycles. The number of benzene rings is 1. The number of halogens is 1. The SMILES string of the molecule is COc1ccc(F)cc1C(OCCN)C1CC1. The monoisotopic (exact) mass is 239 g/mol. The Bertz CT molecular complexity index is 380. The van der Waals surface area contributed by atoms with Crippen molar-refractivity contribution in [3.05, 3.63) is 29.6 Å². The van der Waals surface area contributed by atoms with Crippen LogP contribution >= 0.6 is 0 Å². The third-order valence-electron chi connectivity index (χ3n) is 2.96. The molecular formula is C13H18FNO2. The van der Waals surface area contributed by atoms with Crippen LogP contribution in [0.1, 0.15) is 24.5 Å². The van der Waals surface area contributed by atoms with Gasteiger partial charge in [-0.3, -0.25) is 0 Å². The summed E-state index contributed by atoms with van der Waals surface area (Å²) >= 11 is 0. The quantitative estimate of drug-likeness (QED) is 0.828.